The van der Waals surface area contributed by atoms with Crippen LogP contribution in [0.15, 0.2) is 12.1 Å². The Balaban J connectivity index is 1.65. The van der Waals surface area contributed by atoms with E-state index in [2.05, 4.69) is 12.2 Å². The van der Waals surface area contributed by atoms with Crippen molar-refractivity contribution in [2.45, 2.75) is 38.6 Å². The second kappa shape index (κ2) is 8.24. The maximum absolute atomic E-state index is 12.3. The first-order valence-electron chi connectivity index (χ1n) is 9.00. The van der Waals surface area contributed by atoms with Crippen LogP contribution in [0.5, 0.6) is 11.5 Å². The Labute approximate surface area is 156 Å². The number of hydrogen-bond acceptors (Lipinski definition) is 7. The van der Waals surface area contributed by atoms with Crippen molar-refractivity contribution in [3.8, 4) is 11.5 Å². The maximum Gasteiger partial charge on any atom is 0.345 e. The fourth-order valence-electron chi connectivity index (χ4n) is 3.38. The topological polar surface area (TPSA) is 117 Å². The maximum atomic E-state index is 12.3. The van der Waals surface area contributed by atoms with Crippen LogP contribution in [0.3, 0.4) is 0 Å². The molecule has 0 bridgehead atoms. The number of ether oxygens (including phenoxy) is 3. The largest absolute Gasteiger partial charge is 0.486 e. The molecule has 0 unspecified atom stereocenters. The number of nitro benzene ring substituents is 1. The number of fused-ring (bicyclic) bond motifs is 1. The van der Waals surface area contributed by atoms with Gasteiger partial charge in [-0.15, -0.1) is 0 Å². The Hall–Kier alpha value is -2.84. The van der Waals surface area contributed by atoms with Gasteiger partial charge in [0.05, 0.1) is 11.0 Å². The summed E-state index contributed by atoms with van der Waals surface area (Å²) in [6, 6.07) is 2.42. The predicted octanol–water partition coefficient (Wildman–Crippen LogP) is 2.22. The van der Waals surface area contributed by atoms with Gasteiger partial charge < -0.3 is 19.5 Å². The zero-order valence-corrected chi connectivity index (χ0v) is 15.1. The first-order valence-corrected chi connectivity index (χ1v) is 9.00. The Bertz CT molecular complexity index is 749. The molecule has 1 saturated carbocycles. The summed E-state index contributed by atoms with van der Waals surface area (Å²) in [5.41, 5.74) is -0.728. The lowest BCUT2D eigenvalue weighted by atomic mass is 9.86. The molecule has 1 aromatic carbocycles. The van der Waals surface area contributed by atoms with Crippen molar-refractivity contribution < 1.29 is 28.7 Å². The molecule has 2 atom stereocenters. The fourth-order valence-corrected chi connectivity index (χ4v) is 3.38. The molecule has 1 aliphatic carbocycles. The molecule has 146 valence electrons. The number of nitrogens with one attached hydrogen (secondary N) is 1. The summed E-state index contributed by atoms with van der Waals surface area (Å²) < 4.78 is 15.6. The first-order chi connectivity index (χ1) is 13.0. The van der Waals surface area contributed by atoms with E-state index in [1.807, 2.05) is 0 Å². The van der Waals surface area contributed by atoms with Crippen LogP contribution in [0, 0.1) is 16.0 Å². The number of amides is 1. The molecule has 1 heterocycles. The van der Waals surface area contributed by atoms with Crippen molar-refractivity contribution in [1.82, 2.24) is 5.32 Å². The highest BCUT2D eigenvalue weighted by Crippen LogP contribution is 2.36. The van der Waals surface area contributed by atoms with Crippen molar-refractivity contribution in [2.24, 2.45) is 5.92 Å². The second-order valence-corrected chi connectivity index (χ2v) is 6.78. The van der Waals surface area contributed by atoms with Crippen molar-refractivity contribution in [3.05, 3.63) is 27.8 Å². The molecular weight excluding hydrogens is 356 g/mol. The normalized spacial score (nSPS) is 21.2. The van der Waals surface area contributed by atoms with E-state index < -0.39 is 29.1 Å². The van der Waals surface area contributed by atoms with E-state index >= 15 is 0 Å². The zero-order valence-electron chi connectivity index (χ0n) is 15.1. The summed E-state index contributed by atoms with van der Waals surface area (Å²) in [7, 11) is 0. The minimum atomic E-state index is -0.953. The van der Waals surface area contributed by atoms with Gasteiger partial charge in [0, 0.05) is 12.1 Å². The lowest BCUT2D eigenvalue weighted by molar-refractivity contribution is -0.385. The third kappa shape index (κ3) is 4.47. The van der Waals surface area contributed by atoms with Crippen molar-refractivity contribution >= 4 is 17.6 Å². The van der Waals surface area contributed by atoms with Crippen LogP contribution in [-0.4, -0.2) is 42.7 Å². The smallest absolute Gasteiger partial charge is 0.345 e. The first kappa shape index (κ1) is 18.9. The molecule has 27 heavy (non-hydrogen) atoms. The van der Waals surface area contributed by atoms with Crippen LogP contribution in [0.25, 0.3) is 0 Å². The third-order valence-corrected chi connectivity index (χ3v) is 4.87. The molecule has 1 aliphatic heterocycles. The van der Waals surface area contributed by atoms with E-state index in [1.54, 1.807) is 0 Å². The molecule has 0 spiro atoms. The van der Waals surface area contributed by atoms with Crippen LogP contribution in [0.1, 0.15) is 43.0 Å². The monoisotopic (exact) mass is 378 g/mol. The number of esters is 1. The lowest BCUT2D eigenvalue weighted by Crippen LogP contribution is -2.42. The summed E-state index contributed by atoms with van der Waals surface area (Å²) in [4.78, 5) is 35.0. The van der Waals surface area contributed by atoms with Gasteiger partial charge in [-0.1, -0.05) is 19.8 Å². The van der Waals surface area contributed by atoms with Crippen LogP contribution in [0.2, 0.25) is 0 Å². The van der Waals surface area contributed by atoms with E-state index in [0.29, 0.717) is 5.92 Å². The van der Waals surface area contributed by atoms with Gasteiger partial charge in [0.15, 0.2) is 18.1 Å². The fraction of sp³-hybridized carbons (Fsp3) is 0.556. The molecule has 9 heteroatoms. The molecule has 0 aromatic heterocycles. The Morgan fingerprint density at radius 1 is 1.22 bits per heavy atom. The number of nitro groups is 1. The molecular formula is C18H22N2O7. The Kier molecular flexibility index (Phi) is 5.78. The van der Waals surface area contributed by atoms with Gasteiger partial charge in [0.2, 0.25) is 0 Å². The van der Waals surface area contributed by atoms with E-state index in [1.165, 1.54) is 6.07 Å². The quantitative estimate of drug-likeness (QED) is 0.474. The second-order valence-electron chi connectivity index (χ2n) is 6.78. The standard InChI is InChI=1S/C18H22N2O7/c1-11-4-2-3-5-13(11)19-17(21)10-27-18(22)12-8-15-16(26-7-6-25-15)9-14(12)20(23)24/h8-9,11,13H,2-7,10H2,1H3,(H,19,21)/t11-,13+/m0/s1. The lowest BCUT2D eigenvalue weighted by Gasteiger charge is -2.29. The van der Waals surface area contributed by atoms with Crippen molar-refractivity contribution in [2.75, 3.05) is 19.8 Å². The number of nitrogens with zero attached hydrogens (tertiary/aromatic N) is 1. The summed E-state index contributed by atoms with van der Waals surface area (Å²) >= 11 is 0. The third-order valence-electron chi connectivity index (χ3n) is 4.87. The van der Waals surface area contributed by atoms with Gasteiger partial charge in [-0.3, -0.25) is 14.9 Å². The Morgan fingerprint density at radius 3 is 2.56 bits per heavy atom. The van der Waals surface area contributed by atoms with Gasteiger partial charge in [0.25, 0.3) is 11.6 Å². The molecule has 1 amide bonds. The highest BCUT2D eigenvalue weighted by Gasteiger charge is 2.28. The average Bonchev–Trinajstić information content (AvgIpc) is 2.66. The average molecular weight is 378 g/mol. The predicted molar refractivity (Wildman–Crippen MR) is 93.9 cm³/mol. The minimum absolute atomic E-state index is 0.0635. The van der Waals surface area contributed by atoms with Crippen LogP contribution in [-0.2, 0) is 9.53 Å². The highest BCUT2D eigenvalue weighted by molar-refractivity contribution is 5.96. The molecule has 1 N–H and O–H groups in total. The van der Waals surface area contributed by atoms with Crippen molar-refractivity contribution in [1.29, 1.82) is 0 Å². The number of hydrogen-bond donors (Lipinski definition) is 1. The van der Waals surface area contributed by atoms with Crippen molar-refractivity contribution in [3.63, 3.8) is 0 Å². The zero-order chi connectivity index (χ0) is 19.4. The number of carbonyl (C=O) groups excluding carboxylic acids is 2. The highest BCUT2D eigenvalue weighted by atomic mass is 16.6. The van der Waals surface area contributed by atoms with Gasteiger partial charge in [-0.25, -0.2) is 4.79 Å². The van der Waals surface area contributed by atoms with Crippen LogP contribution < -0.4 is 14.8 Å². The van der Waals surface area contributed by atoms with E-state index in [9.17, 15) is 19.7 Å². The molecule has 2 aliphatic rings. The van der Waals surface area contributed by atoms with Gasteiger partial charge in [0.1, 0.15) is 18.8 Å². The van der Waals surface area contributed by atoms with E-state index in [4.69, 9.17) is 14.2 Å². The number of rotatable bonds is 5. The summed E-state index contributed by atoms with van der Waals surface area (Å²) in [6.07, 6.45) is 4.15. The minimum Gasteiger partial charge on any atom is -0.486 e. The molecule has 1 fully saturated rings. The molecule has 0 saturated heterocycles. The number of benzene rings is 1. The molecule has 9 nitrogen and oxygen atoms in total. The molecule has 3 rings (SSSR count). The molecule has 1 aromatic rings. The van der Waals surface area contributed by atoms with Crippen LogP contribution in [0.4, 0.5) is 5.69 Å². The van der Waals surface area contributed by atoms with Crippen LogP contribution >= 0.6 is 0 Å². The Morgan fingerprint density at radius 2 is 1.89 bits per heavy atom. The summed E-state index contributed by atoms with van der Waals surface area (Å²) in [5.74, 6) is -0.557. The van der Waals surface area contributed by atoms with Gasteiger partial charge in [-0.2, -0.15) is 0 Å². The van der Waals surface area contributed by atoms with Gasteiger partial charge >= 0.3 is 5.97 Å². The molecule has 0 radical (unpaired) electrons. The summed E-state index contributed by atoms with van der Waals surface area (Å²) in [6.45, 7) is 2.14. The van der Waals surface area contributed by atoms with Gasteiger partial charge in [-0.05, 0) is 18.8 Å². The SMILES string of the molecule is C[C@H]1CCCC[C@H]1NC(=O)COC(=O)c1cc2c(cc1[N+](=O)[O-])OCCO2. The summed E-state index contributed by atoms with van der Waals surface area (Å²) in [5, 5.41) is 14.1. The van der Waals surface area contributed by atoms with E-state index in [0.717, 1.165) is 31.7 Å². The number of carbonyl (C=O) groups is 2. The van der Waals surface area contributed by atoms with E-state index in [-0.39, 0.29) is 36.3 Å².